The van der Waals surface area contributed by atoms with Gasteiger partial charge in [-0.3, -0.25) is 9.25 Å². The second-order valence-electron chi connectivity index (χ2n) is 5.05. The zero-order valence-corrected chi connectivity index (χ0v) is 13.5. The molecule has 0 amide bonds. The fourth-order valence-corrected chi connectivity index (χ4v) is 3.76. The molecule has 6 heteroatoms. The van der Waals surface area contributed by atoms with Crippen LogP contribution >= 0.6 is 23.6 Å². The summed E-state index contributed by atoms with van der Waals surface area (Å²) in [5, 5.41) is 8.90. The molecule has 3 rings (SSSR count). The Bertz CT molecular complexity index is 776. The van der Waals surface area contributed by atoms with Gasteiger partial charge >= 0.3 is 0 Å². The van der Waals surface area contributed by atoms with Crippen LogP contribution in [0, 0.1) is 4.77 Å². The number of rotatable bonds is 4. The second-order valence-corrected chi connectivity index (χ2v) is 6.22. The van der Waals surface area contributed by atoms with Crippen LogP contribution in [0.5, 0.6) is 0 Å². The summed E-state index contributed by atoms with van der Waals surface area (Å²) < 4.78 is 4.87. The SMILES string of the molecule is CCCc1nn(C)c2c1[nH]c(=S)n2C(C)c1ccsc1. The maximum Gasteiger partial charge on any atom is 0.179 e. The van der Waals surface area contributed by atoms with Crippen molar-refractivity contribution in [3.63, 3.8) is 0 Å². The van der Waals surface area contributed by atoms with Crippen molar-refractivity contribution in [2.75, 3.05) is 0 Å². The van der Waals surface area contributed by atoms with Gasteiger partial charge < -0.3 is 4.98 Å². The molecular weight excluding hydrogens is 288 g/mol. The van der Waals surface area contributed by atoms with E-state index in [0.717, 1.165) is 34.5 Å². The fourth-order valence-electron chi connectivity index (χ4n) is 2.67. The molecular formula is C14H18N4S2. The van der Waals surface area contributed by atoms with Crippen LogP contribution in [0.15, 0.2) is 16.8 Å². The molecule has 0 saturated carbocycles. The minimum absolute atomic E-state index is 0.215. The number of thiophene rings is 1. The quantitative estimate of drug-likeness (QED) is 0.738. The Morgan fingerprint density at radius 3 is 2.95 bits per heavy atom. The molecule has 0 saturated heterocycles. The summed E-state index contributed by atoms with van der Waals surface area (Å²) in [6.07, 6.45) is 2.05. The van der Waals surface area contributed by atoms with Crippen molar-refractivity contribution >= 4 is 34.7 Å². The van der Waals surface area contributed by atoms with Crippen LogP contribution in [-0.2, 0) is 13.5 Å². The highest BCUT2D eigenvalue weighted by molar-refractivity contribution is 7.71. The number of H-pyrrole nitrogens is 1. The zero-order chi connectivity index (χ0) is 14.3. The Labute approximate surface area is 127 Å². The Morgan fingerprint density at radius 2 is 2.30 bits per heavy atom. The molecule has 0 aliphatic heterocycles. The number of aromatic amines is 1. The molecule has 1 atom stereocenters. The Hall–Kier alpha value is -1.40. The summed E-state index contributed by atoms with van der Waals surface area (Å²) in [6.45, 7) is 4.34. The lowest BCUT2D eigenvalue weighted by molar-refractivity contribution is 0.620. The van der Waals surface area contributed by atoms with Crippen LogP contribution in [0.4, 0.5) is 0 Å². The van der Waals surface area contributed by atoms with Crippen LogP contribution < -0.4 is 0 Å². The molecule has 0 bridgehead atoms. The molecule has 0 spiro atoms. The predicted octanol–water partition coefficient (Wildman–Crippen LogP) is 4.06. The van der Waals surface area contributed by atoms with Crippen LogP contribution in [0.1, 0.15) is 37.6 Å². The summed E-state index contributed by atoms with van der Waals surface area (Å²) in [4.78, 5) is 3.34. The average Bonchev–Trinajstić information content (AvgIpc) is 3.09. The Balaban J connectivity index is 2.21. The molecule has 0 radical (unpaired) electrons. The van der Waals surface area contributed by atoms with Crippen molar-refractivity contribution in [1.82, 2.24) is 19.3 Å². The van der Waals surface area contributed by atoms with E-state index >= 15 is 0 Å². The van der Waals surface area contributed by atoms with Gasteiger partial charge in [0.15, 0.2) is 10.4 Å². The van der Waals surface area contributed by atoms with Gasteiger partial charge in [0.05, 0.1) is 11.7 Å². The molecule has 3 aromatic heterocycles. The number of aryl methyl sites for hydroxylation is 2. The van der Waals surface area contributed by atoms with E-state index in [-0.39, 0.29) is 6.04 Å². The minimum atomic E-state index is 0.215. The van der Waals surface area contributed by atoms with Crippen LogP contribution in [0.25, 0.3) is 11.2 Å². The summed E-state index contributed by atoms with van der Waals surface area (Å²) in [5.41, 5.74) is 4.55. The number of imidazole rings is 1. The van der Waals surface area contributed by atoms with Gasteiger partial charge in [0, 0.05) is 7.05 Å². The van der Waals surface area contributed by atoms with E-state index in [0.29, 0.717) is 0 Å². The molecule has 0 fully saturated rings. The summed E-state index contributed by atoms with van der Waals surface area (Å²) in [7, 11) is 1.99. The third kappa shape index (κ3) is 2.03. The van der Waals surface area contributed by atoms with E-state index in [1.807, 2.05) is 11.7 Å². The molecule has 0 aliphatic carbocycles. The van der Waals surface area contributed by atoms with Gasteiger partial charge in [-0.1, -0.05) is 13.3 Å². The van der Waals surface area contributed by atoms with Crippen molar-refractivity contribution in [3.05, 3.63) is 32.9 Å². The molecule has 1 unspecified atom stereocenters. The maximum absolute atomic E-state index is 5.53. The summed E-state index contributed by atoms with van der Waals surface area (Å²) in [6, 6.07) is 2.37. The van der Waals surface area contributed by atoms with E-state index in [1.165, 1.54) is 5.56 Å². The number of hydrogen-bond acceptors (Lipinski definition) is 3. The highest BCUT2D eigenvalue weighted by Gasteiger charge is 2.19. The number of hydrogen-bond donors (Lipinski definition) is 1. The first kappa shape index (κ1) is 13.6. The highest BCUT2D eigenvalue weighted by atomic mass is 32.1. The topological polar surface area (TPSA) is 38.5 Å². The number of aromatic nitrogens is 4. The number of nitrogens with zero attached hydrogens (tertiary/aromatic N) is 3. The molecule has 106 valence electrons. The van der Waals surface area contributed by atoms with Crippen LogP contribution in [0.3, 0.4) is 0 Å². The van der Waals surface area contributed by atoms with Gasteiger partial charge in [-0.25, -0.2) is 0 Å². The van der Waals surface area contributed by atoms with Gasteiger partial charge in [-0.15, -0.1) is 0 Å². The lowest BCUT2D eigenvalue weighted by Gasteiger charge is -2.13. The lowest BCUT2D eigenvalue weighted by atomic mass is 10.2. The smallest absolute Gasteiger partial charge is 0.179 e. The first-order chi connectivity index (χ1) is 9.63. The van der Waals surface area contributed by atoms with E-state index in [9.17, 15) is 0 Å². The standard InChI is InChI=1S/C14H18N4S2/c1-4-5-11-12-13(17(3)16-11)18(14(19)15-12)9(2)10-6-7-20-8-10/h6-9H,4-5H2,1-3H3,(H,15,19). The Morgan fingerprint density at radius 1 is 1.50 bits per heavy atom. The highest BCUT2D eigenvalue weighted by Crippen LogP contribution is 2.27. The normalized spacial score (nSPS) is 13.2. The monoisotopic (exact) mass is 306 g/mol. The van der Waals surface area contributed by atoms with Crippen molar-refractivity contribution in [3.8, 4) is 0 Å². The number of fused-ring (bicyclic) bond motifs is 1. The van der Waals surface area contributed by atoms with Crippen molar-refractivity contribution in [2.24, 2.45) is 7.05 Å². The molecule has 1 N–H and O–H groups in total. The molecule has 4 nitrogen and oxygen atoms in total. The first-order valence-electron chi connectivity index (χ1n) is 6.81. The van der Waals surface area contributed by atoms with Crippen LogP contribution in [-0.4, -0.2) is 19.3 Å². The summed E-state index contributed by atoms with van der Waals surface area (Å²) in [5.74, 6) is 0. The van der Waals surface area contributed by atoms with Gasteiger partial charge in [0.25, 0.3) is 0 Å². The van der Waals surface area contributed by atoms with Crippen molar-refractivity contribution < 1.29 is 0 Å². The van der Waals surface area contributed by atoms with Crippen LogP contribution in [0.2, 0.25) is 0 Å². The lowest BCUT2D eigenvalue weighted by Crippen LogP contribution is -2.09. The van der Waals surface area contributed by atoms with Gasteiger partial charge in [0.1, 0.15) is 5.52 Å². The average molecular weight is 306 g/mol. The summed E-state index contributed by atoms with van der Waals surface area (Å²) >= 11 is 7.24. The molecule has 0 aromatic carbocycles. The number of nitrogens with one attached hydrogen (secondary N) is 1. The predicted molar refractivity (Wildman–Crippen MR) is 86.0 cm³/mol. The van der Waals surface area contributed by atoms with Gasteiger partial charge in [-0.2, -0.15) is 16.4 Å². The van der Waals surface area contributed by atoms with E-state index in [1.54, 1.807) is 11.3 Å². The molecule has 3 heterocycles. The third-order valence-electron chi connectivity index (χ3n) is 3.67. The van der Waals surface area contributed by atoms with E-state index < -0.39 is 0 Å². The first-order valence-corrected chi connectivity index (χ1v) is 8.16. The van der Waals surface area contributed by atoms with Gasteiger partial charge in [-0.05, 0) is 48.0 Å². The van der Waals surface area contributed by atoms with Gasteiger partial charge in [0.2, 0.25) is 0 Å². The Kier molecular flexibility index (Phi) is 3.52. The van der Waals surface area contributed by atoms with E-state index in [2.05, 4.69) is 45.3 Å². The largest absolute Gasteiger partial charge is 0.328 e. The second kappa shape index (κ2) is 5.18. The zero-order valence-electron chi connectivity index (χ0n) is 11.9. The third-order valence-corrected chi connectivity index (χ3v) is 4.67. The molecule has 3 aromatic rings. The minimum Gasteiger partial charge on any atom is -0.328 e. The maximum atomic E-state index is 5.53. The van der Waals surface area contributed by atoms with Crippen molar-refractivity contribution in [2.45, 2.75) is 32.7 Å². The van der Waals surface area contributed by atoms with E-state index in [4.69, 9.17) is 12.2 Å². The molecule has 20 heavy (non-hydrogen) atoms. The van der Waals surface area contributed by atoms with Crippen molar-refractivity contribution in [1.29, 1.82) is 0 Å². The molecule has 0 aliphatic rings. The fraction of sp³-hybridized carbons (Fsp3) is 0.429.